The van der Waals surface area contributed by atoms with Crippen molar-refractivity contribution in [2.24, 2.45) is 0 Å². The Kier molecular flexibility index (Phi) is 6.19. The van der Waals surface area contributed by atoms with Crippen LogP contribution < -0.4 is 0 Å². The molecule has 1 rings (SSSR count). The number of halogens is 3. The van der Waals surface area contributed by atoms with Gasteiger partial charge in [0.05, 0.1) is 10.0 Å². The van der Waals surface area contributed by atoms with E-state index in [0.29, 0.717) is 6.54 Å². The summed E-state index contributed by atoms with van der Waals surface area (Å²) < 4.78 is 36.5. The Labute approximate surface area is 136 Å². The Balaban J connectivity index is 3.43. The first kappa shape index (κ1) is 18.4. The van der Waals surface area contributed by atoms with Gasteiger partial charge in [0, 0.05) is 23.3 Å². The average Bonchev–Trinajstić information content (AvgIpc) is 2.35. The molecule has 0 radical (unpaired) electrons. The molecule has 21 heavy (non-hydrogen) atoms. The Morgan fingerprint density at radius 2 is 2.00 bits per heavy atom. The lowest BCUT2D eigenvalue weighted by Gasteiger charge is -2.27. The van der Waals surface area contributed by atoms with Gasteiger partial charge >= 0.3 is 0 Å². The van der Waals surface area contributed by atoms with Crippen molar-refractivity contribution in [3.63, 3.8) is 0 Å². The van der Waals surface area contributed by atoms with Gasteiger partial charge in [0.15, 0.2) is 0 Å². The van der Waals surface area contributed by atoms with Gasteiger partial charge in [-0.25, -0.2) is 12.8 Å². The van der Waals surface area contributed by atoms with Crippen LogP contribution in [0.15, 0.2) is 21.5 Å². The fourth-order valence-electron chi connectivity index (χ4n) is 1.89. The molecule has 0 aliphatic rings. The van der Waals surface area contributed by atoms with Gasteiger partial charge in [-0.05, 0) is 48.3 Å². The fourth-order valence-corrected chi connectivity index (χ4v) is 4.15. The smallest absolute Gasteiger partial charge is 0.262 e. The van der Waals surface area contributed by atoms with Gasteiger partial charge in [0.1, 0.15) is 10.7 Å². The zero-order chi connectivity index (χ0) is 16.4. The molecule has 0 bridgehead atoms. The normalized spacial score (nSPS) is 11.8. The summed E-state index contributed by atoms with van der Waals surface area (Å²) in [6.07, 6.45) is 0.734. The number of benzene rings is 1. The van der Waals surface area contributed by atoms with Crippen LogP contribution >= 0.6 is 26.6 Å². The van der Waals surface area contributed by atoms with Crippen LogP contribution in [0, 0.1) is 5.82 Å². The van der Waals surface area contributed by atoms with Crippen LogP contribution in [0.1, 0.15) is 37.6 Å². The third-order valence-electron chi connectivity index (χ3n) is 2.85. The molecule has 1 amide bonds. The first-order valence-corrected chi connectivity index (χ1v) is 9.44. The van der Waals surface area contributed by atoms with E-state index in [0.717, 1.165) is 18.6 Å². The van der Waals surface area contributed by atoms with Crippen LogP contribution in [0.5, 0.6) is 0 Å². The molecule has 0 N–H and O–H groups in total. The van der Waals surface area contributed by atoms with Crippen LogP contribution in [-0.2, 0) is 9.05 Å². The number of hydrogen-bond acceptors (Lipinski definition) is 3. The highest BCUT2D eigenvalue weighted by atomic mass is 79.9. The largest absolute Gasteiger partial charge is 0.336 e. The molecule has 0 fully saturated rings. The minimum Gasteiger partial charge on any atom is -0.336 e. The minimum absolute atomic E-state index is 0.0225. The van der Waals surface area contributed by atoms with Gasteiger partial charge < -0.3 is 4.90 Å². The highest BCUT2D eigenvalue weighted by Gasteiger charge is 2.26. The van der Waals surface area contributed by atoms with E-state index >= 15 is 0 Å². The average molecular weight is 401 g/mol. The number of nitrogens with zero attached hydrogens (tertiary/aromatic N) is 1. The van der Waals surface area contributed by atoms with Crippen molar-refractivity contribution in [1.29, 1.82) is 0 Å². The van der Waals surface area contributed by atoms with E-state index in [1.165, 1.54) is 0 Å². The molecule has 4 nitrogen and oxygen atoms in total. The third kappa shape index (κ3) is 4.40. The molecular formula is C13H16BrClFNO3S. The van der Waals surface area contributed by atoms with Gasteiger partial charge in [-0.1, -0.05) is 6.92 Å². The zero-order valence-electron chi connectivity index (χ0n) is 11.9. The highest BCUT2D eigenvalue weighted by Crippen LogP contribution is 2.31. The quantitative estimate of drug-likeness (QED) is 0.707. The lowest BCUT2D eigenvalue weighted by molar-refractivity contribution is 0.0704. The first-order valence-electron chi connectivity index (χ1n) is 6.34. The minimum atomic E-state index is -4.16. The van der Waals surface area contributed by atoms with Gasteiger partial charge in [-0.15, -0.1) is 0 Å². The maximum absolute atomic E-state index is 13.6. The van der Waals surface area contributed by atoms with Crippen molar-refractivity contribution < 1.29 is 17.6 Å². The third-order valence-corrected chi connectivity index (χ3v) is 5.31. The summed E-state index contributed by atoms with van der Waals surface area (Å²) in [7, 11) is 1.11. The van der Waals surface area contributed by atoms with E-state index in [-0.39, 0.29) is 16.1 Å². The Bertz CT molecular complexity index is 649. The molecule has 1 aromatic rings. The van der Waals surface area contributed by atoms with E-state index < -0.39 is 25.7 Å². The second-order valence-electron chi connectivity index (χ2n) is 4.80. The summed E-state index contributed by atoms with van der Waals surface area (Å²) in [6.45, 7) is 6.07. The highest BCUT2D eigenvalue weighted by molar-refractivity contribution is 9.10. The maximum Gasteiger partial charge on any atom is 0.262 e. The number of hydrogen-bond donors (Lipinski definition) is 0. The van der Waals surface area contributed by atoms with Crippen molar-refractivity contribution in [3.05, 3.63) is 28.0 Å². The molecule has 118 valence electrons. The van der Waals surface area contributed by atoms with E-state index in [2.05, 4.69) is 15.9 Å². The molecule has 0 aromatic heterocycles. The van der Waals surface area contributed by atoms with Crippen molar-refractivity contribution >= 4 is 41.6 Å². The lowest BCUT2D eigenvalue weighted by atomic mass is 10.1. The second-order valence-corrected chi connectivity index (χ2v) is 8.12. The Hall–Kier alpha value is -0.660. The number of rotatable bonds is 5. The molecule has 0 spiro atoms. The summed E-state index contributed by atoms with van der Waals surface area (Å²) in [5.41, 5.74) is -0.0589. The van der Waals surface area contributed by atoms with Crippen molar-refractivity contribution in [2.75, 3.05) is 6.54 Å². The van der Waals surface area contributed by atoms with Crippen LogP contribution in [0.4, 0.5) is 4.39 Å². The molecule has 0 saturated carbocycles. The summed E-state index contributed by atoms with van der Waals surface area (Å²) in [4.78, 5) is 13.6. The SMILES string of the molecule is CCCN(C(=O)c1cc(F)cc(S(=O)(=O)Cl)c1Br)C(C)C. The maximum atomic E-state index is 13.6. The molecule has 0 atom stereocenters. The molecule has 0 saturated heterocycles. The lowest BCUT2D eigenvalue weighted by Crippen LogP contribution is -2.37. The van der Waals surface area contributed by atoms with Gasteiger partial charge in [0.2, 0.25) is 0 Å². The predicted octanol–water partition coefficient (Wildman–Crippen LogP) is 3.78. The Morgan fingerprint density at radius 3 is 2.43 bits per heavy atom. The van der Waals surface area contributed by atoms with Crippen LogP contribution in [0.2, 0.25) is 0 Å². The summed E-state index contributed by atoms with van der Waals surface area (Å²) in [5, 5.41) is 0. The van der Waals surface area contributed by atoms with Crippen LogP contribution in [-0.4, -0.2) is 31.8 Å². The topological polar surface area (TPSA) is 54.5 Å². The number of amides is 1. The Morgan fingerprint density at radius 1 is 1.43 bits per heavy atom. The molecular weight excluding hydrogens is 385 g/mol. The predicted molar refractivity (Wildman–Crippen MR) is 83.6 cm³/mol. The summed E-state index contributed by atoms with van der Waals surface area (Å²) in [6, 6.07) is 1.69. The second kappa shape index (κ2) is 7.07. The molecule has 0 aliphatic heterocycles. The van der Waals surface area contributed by atoms with Crippen LogP contribution in [0.3, 0.4) is 0 Å². The molecule has 0 unspecified atom stereocenters. The van der Waals surface area contributed by atoms with E-state index in [1.807, 2.05) is 20.8 Å². The van der Waals surface area contributed by atoms with Crippen molar-refractivity contribution in [2.45, 2.75) is 38.1 Å². The van der Waals surface area contributed by atoms with Gasteiger partial charge in [0.25, 0.3) is 15.0 Å². The molecule has 0 aliphatic carbocycles. The van der Waals surface area contributed by atoms with Gasteiger partial charge in [-0.2, -0.15) is 0 Å². The summed E-state index contributed by atoms with van der Waals surface area (Å²) >= 11 is 3.04. The van der Waals surface area contributed by atoms with E-state index in [1.54, 1.807) is 4.90 Å². The van der Waals surface area contributed by atoms with E-state index in [4.69, 9.17) is 10.7 Å². The standard InChI is InChI=1S/C13H16BrClFNO3S/c1-4-5-17(8(2)3)13(18)10-6-9(16)7-11(12(10)14)21(15,19)20/h6-8H,4-5H2,1-3H3. The van der Waals surface area contributed by atoms with Crippen molar-refractivity contribution in [1.82, 2.24) is 4.90 Å². The van der Waals surface area contributed by atoms with Crippen LogP contribution in [0.25, 0.3) is 0 Å². The molecule has 8 heteroatoms. The monoisotopic (exact) mass is 399 g/mol. The number of carbonyl (C=O) groups is 1. The summed E-state index contributed by atoms with van der Waals surface area (Å²) in [5.74, 6) is -1.28. The van der Waals surface area contributed by atoms with Gasteiger partial charge in [-0.3, -0.25) is 4.79 Å². The molecule has 0 heterocycles. The fraction of sp³-hybridized carbons (Fsp3) is 0.462. The number of carbonyl (C=O) groups excluding carboxylic acids is 1. The van der Waals surface area contributed by atoms with E-state index in [9.17, 15) is 17.6 Å². The van der Waals surface area contributed by atoms with Crippen molar-refractivity contribution in [3.8, 4) is 0 Å². The first-order chi connectivity index (χ1) is 9.59. The molecule has 1 aromatic carbocycles. The zero-order valence-corrected chi connectivity index (χ0v) is 15.0.